The molecule has 4 heteroatoms. The fourth-order valence-corrected chi connectivity index (χ4v) is 2.75. The second kappa shape index (κ2) is 7.56. The van der Waals surface area contributed by atoms with E-state index in [-0.39, 0.29) is 11.9 Å². The minimum absolute atomic E-state index is 0.0687. The minimum atomic E-state index is -0.0687. The maximum Gasteiger partial charge on any atom is 0.251 e. The Bertz CT molecular complexity index is 934. The highest BCUT2D eigenvalue weighted by Crippen LogP contribution is 2.32. The van der Waals surface area contributed by atoms with Gasteiger partial charge in [-0.3, -0.25) is 4.79 Å². The summed E-state index contributed by atoms with van der Waals surface area (Å²) in [5.41, 5.74) is 3.29. The number of nitrogens with zero attached hydrogens (tertiary/aromatic N) is 1. The molecule has 4 nitrogen and oxygen atoms in total. The Balaban J connectivity index is 2.00. The molecular weight excluding hydrogens is 324 g/mol. The summed E-state index contributed by atoms with van der Waals surface area (Å²) in [6.45, 7) is 6.20. The van der Waals surface area contributed by atoms with E-state index < -0.39 is 0 Å². The molecule has 0 aliphatic heterocycles. The van der Waals surface area contributed by atoms with Crippen LogP contribution in [0.4, 0.5) is 0 Å². The van der Waals surface area contributed by atoms with Crippen molar-refractivity contribution < 1.29 is 9.53 Å². The number of para-hydroxylation sites is 1. The van der Waals surface area contributed by atoms with Crippen LogP contribution in [0.1, 0.15) is 31.1 Å². The summed E-state index contributed by atoms with van der Waals surface area (Å²) < 4.78 is 5.49. The maximum atomic E-state index is 12.6. The number of methoxy groups -OCH3 is 1. The van der Waals surface area contributed by atoms with Gasteiger partial charge in [-0.15, -0.1) is 0 Å². The van der Waals surface area contributed by atoms with Crippen molar-refractivity contribution in [2.45, 2.75) is 26.8 Å². The Morgan fingerprint density at radius 2 is 1.81 bits per heavy atom. The van der Waals surface area contributed by atoms with E-state index in [1.807, 2.05) is 55.5 Å². The molecule has 1 N–H and O–H groups in total. The molecule has 0 saturated carbocycles. The van der Waals surface area contributed by atoms with Gasteiger partial charge in [0.25, 0.3) is 5.91 Å². The first-order valence-electron chi connectivity index (χ1n) is 8.84. The summed E-state index contributed by atoms with van der Waals surface area (Å²) in [5, 5.41) is 4.08. The van der Waals surface area contributed by atoms with Crippen LogP contribution in [0.15, 0.2) is 54.6 Å². The zero-order valence-electron chi connectivity index (χ0n) is 15.6. The molecule has 0 radical (unpaired) electrons. The van der Waals surface area contributed by atoms with Crippen molar-refractivity contribution in [1.82, 2.24) is 10.3 Å². The summed E-state index contributed by atoms with van der Waals surface area (Å²) in [6.07, 6.45) is 0. The molecule has 0 aliphatic rings. The predicted octanol–water partition coefficient (Wildman–Crippen LogP) is 4.68. The molecule has 26 heavy (non-hydrogen) atoms. The largest absolute Gasteiger partial charge is 0.481 e. The molecule has 0 saturated heterocycles. The molecule has 1 unspecified atom stereocenters. The van der Waals surface area contributed by atoms with Crippen molar-refractivity contribution in [2.75, 3.05) is 7.11 Å². The van der Waals surface area contributed by atoms with E-state index in [1.54, 1.807) is 7.11 Å². The van der Waals surface area contributed by atoms with E-state index in [2.05, 4.69) is 30.2 Å². The lowest BCUT2D eigenvalue weighted by Gasteiger charge is -2.17. The van der Waals surface area contributed by atoms with Gasteiger partial charge in [0.1, 0.15) is 0 Å². The van der Waals surface area contributed by atoms with Gasteiger partial charge in [-0.05, 0) is 42.7 Å². The van der Waals surface area contributed by atoms with E-state index in [4.69, 9.17) is 4.74 Å². The lowest BCUT2D eigenvalue weighted by molar-refractivity contribution is 0.0930. The van der Waals surface area contributed by atoms with Crippen LogP contribution in [-0.2, 0) is 0 Å². The van der Waals surface area contributed by atoms with Crippen LogP contribution in [0, 0.1) is 5.92 Å². The molecule has 1 amide bonds. The van der Waals surface area contributed by atoms with Gasteiger partial charge < -0.3 is 10.1 Å². The number of ether oxygens (including phenoxy) is 1. The maximum absolute atomic E-state index is 12.6. The van der Waals surface area contributed by atoms with Crippen molar-refractivity contribution in [2.24, 2.45) is 5.92 Å². The number of pyridine rings is 1. The van der Waals surface area contributed by atoms with Crippen LogP contribution in [0.3, 0.4) is 0 Å². The van der Waals surface area contributed by atoms with Crippen molar-refractivity contribution in [3.8, 4) is 17.0 Å². The monoisotopic (exact) mass is 348 g/mol. The summed E-state index contributed by atoms with van der Waals surface area (Å²) in [5.74, 6) is 0.865. The Hall–Kier alpha value is -2.88. The van der Waals surface area contributed by atoms with Gasteiger partial charge in [-0.2, -0.15) is 0 Å². The van der Waals surface area contributed by atoms with Crippen LogP contribution < -0.4 is 10.1 Å². The lowest BCUT2D eigenvalue weighted by atomic mass is 10.0. The first-order valence-corrected chi connectivity index (χ1v) is 8.84. The zero-order valence-corrected chi connectivity index (χ0v) is 15.6. The second-order valence-electron chi connectivity index (χ2n) is 6.82. The second-order valence-corrected chi connectivity index (χ2v) is 6.82. The van der Waals surface area contributed by atoms with Gasteiger partial charge in [0.15, 0.2) is 0 Å². The Kier molecular flexibility index (Phi) is 5.21. The van der Waals surface area contributed by atoms with Crippen molar-refractivity contribution in [3.63, 3.8) is 0 Å². The number of hydrogen-bond acceptors (Lipinski definition) is 3. The molecule has 0 aliphatic carbocycles. The Morgan fingerprint density at radius 3 is 2.54 bits per heavy atom. The van der Waals surface area contributed by atoms with E-state index >= 15 is 0 Å². The average Bonchev–Trinajstić information content (AvgIpc) is 2.66. The highest BCUT2D eigenvalue weighted by Gasteiger charge is 2.15. The van der Waals surface area contributed by atoms with E-state index in [9.17, 15) is 4.79 Å². The van der Waals surface area contributed by atoms with Gasteiger partial charge in [-0.1, -0.05) is 44.2 Å². The lowest BCUT2D eigenvalue weighted by Crippen LogP contribution is -2.36. The SMILES string of the molecule is COc1nc2ccccc2cc1-c1cccc(C(=O)NC(C)C(C)C)c1. The minimum Gasteiger partial charge on any atom is -0.481 e. The summed E-state index contributed by atoms with van der Waals surface area (Å²) >= 11 is 0. The number of carbonyl (C=O) groups is 1. The summed E-state index contributed by atoms with van der Waals surface area (Å²) in [6, 6.07) is 17.6. The third-order valence-electron chi connectivity index (χ3n) is 4.68. The first-order chi connectivity index (χ1) is 12.5. The van der Waals surface area contributed by atoms with Gasteiger partial charge in [0.05, 0.1) is 12.6 Å². The number of benzene rings is 2. The molecule has 134 valence electrons. The zero-order chi connectivity index (χ0) is 18.7. The van der Waals surface area contributed by atoms with Gasteiger partial charge >= 0.3 is 0 Å². The molecule has 3 aromatic rings. The molecule has 1 atom stereocenters. The number of carbonyl (C=O) groups excluding carboxylic acids is 1. The van der Waals surface area contributed by atoms with Crippen LogP contribution >= 0.6 is 0 Å². The summed E-state index contributed by atoms with van der Waals surface area (Å²) in [7, 11) is 1.61. The normalized spacial score (nSPS) is 12.2. The smallest absolute Gasteiger partial charge is 0.251 e. The fourth-order valence-electron chi connectivity index (χ4n) is 2.75. The van der Waals surface area contributed by atoms with Gasteiger partial charge in [-0.25, -0.2) is 4.98 Å². The van der Waals surface area contributed by atoms with Crippen LogP contribution in [0.25, 0.3) is 22.0 Å². The van der Waals surface area contributed by atoms with Crippen molar-refractivity contribution >= 4 is 16.8 Å². The van der Waals surface area contributed by atoms with E-state index in [1.165, 1.54) is 0 Å². The van der Waals surface area contributed by atoms with Crippen molar-refractivity contribution in [3.05, 3.63) is 60.2 Å². The number of rotatable bonds is 5. The average molecular weight is 348 g/mol. The Morgan fingerprint density at radius 1 is 1.04 bits per heavy atom. The third-order valence-corrected chi connectivity index (χ3v) is 4.68. The topological polar surface area (TPSA) is 51.2 Å². The molecule has 1 aromatic heterocycles. The number of amides is 1. The molecule has 0 bridgehead atoms. The molecule has 2 aromatic carbocycles. The third kappa shape index (κ3) is 3.69. The number of aromatic nitrogens is 1. The fraction of sp³-hybridized carbons (Fsp3) is 0.273. The molecule has 0 fully saturated rings. The van der Waals surface area contributed by atoms with Crippen molar-refractivity contribution in [1.29, 1.82) is 0 Å². The van der Waals surface area contributed by atoms with Crippen LogP contribution in [0.5, 0.6) is 5.88 Å². The quantitative estimate of drug-likeness (QED) is 0.728. The molecule has 0 spiro atoms. The number of nitrogens with one attached hydrogen (secondary N) is 1. The summed E-state index contributed by atoms with van der Waals surface area (Å²) in [4.78, 5) is 17.1. The highest BCUT2D eigenvalue weighted by molar-refractivity contribution is 5.96. The van der Waals surface area contributed by atoms with Gasteiger partial charge in [0, 0.05) is 22.6 Å². The van der Waals surface area contributed by atoms with Crippen LogP contribution in [-0.4, -0.2) is 24.0 Å². The van der Waals surface area contributed by atoms with E-state index in [0.717, 1.165) is 22.0 Å². The van der Waals surface area contributed by atoms with E-state index in [0.29, 0.717) is 17.4 Å². The first kappa shape index (κ1) is 17.9. The van der Waals surface area contributed by atoms with Gasteiger partial charge in [0.2, 0.25) is 5.88 Å². The van der Waals surface area contributed by atoms with Crippen LogP contribution in [0.2, 0.25) is 0 Å². The predicted molar refractivity (Wildman–Crippen MR) is 105 cm³/mol. The number of hydrogen-bond donors (Lipinski definition) is 1. The highest BCUT2D eigenvalue weighted by atomic mass is 16.5. The molecule has 1 heterocycles. The Labute approximate surface area is 154 Å². The number of fused-ring (bicyclic) bond motifs is 1. The molecular formula is C22H24N2O2. The standard InChI is InChI=1S/C22H24N2O2/c1-14(2)15(3)23-21(25)18-10-7-9-16(12-18)19-13-17-8-5-6-11-20(17)24-22(19)26-4/h5-15H,1-4H3,(H,23,25). The molecule has 3 rings (SSSR count).